The predicted octanol–water partition coefficient (Wildman–Crippen LogP) is 0.297. The van der Waals surface area contributed by atoms with Gasteiger partial charge in [-0.15, -0.1) is 0 Å². The molecule has 1 fully saturated rings. The fourth-order valence-corrected chi connectivity index (χ4v) is 3.13. The smallest absolute Gasteiger partial charge is 0.240 e. The Morgan fingerprint density at radius 3 is 2.26 bits per heavy atom. The average Bonchev–Trinajstić information content (AvgIpc) is 2.54. The second kappa shape index (κ2) is 7.42. The van der Waals surface area contributed by atoms with Gasteiger partial charge in [0.1, 0.15) is 5.25 Å². The fourth-order valence-electron chi connectivity index (χ4n) is 2.62. The normalized spacial score (nSPS) is 19.3. The van der Waals surface area contributed by atoms with Gasteiger partial charge >= 0.3 is 0 Å². The largest absolute Gasteiger partial charge is 0.387 e. The van der Waals surface area contributed by atoms with Crippen LogP contribution in [0.3, 0.4) is 0 Å². The van der Waals surface area contributed by atoms with Gasteiger partial charge in [-0.05, 0) is 12.5 Å². The molecule has 128 valence electrons. The van der Waals surface area contributed by atoms with Crippen LogP contribution in [0.1, 0.15) is 18.6 Å². The van der Waals surface area contributed by atoms with Gasteiger partial charge in [-0.1, -0.05) is 30.3 Å². The molecule has 0 aliphatic carbocycles. The first-order chi connectivity index (χ1) is 10.8. The van der Waals surface area contributed by atoms with Crippen molar-refractivity contribution in [3.63, 3.8) is 0 Å². The van der Waals surface area contributed by atoms with E-state index in [0.717, 1.165) is 11.8 Å². The number of piperazine rings is 1. The van der Waals surface area contributed by atoms with Crippen LogP contribution in [0.15, 0.2) is 30.3 Å². The molecule has 1 N–H and O–H groups in total. The first-order valence-electron chi connectivity index (χ1n) is 7.72. The van der Waals surface area contributed by atoms with Crippen LogP contribution in [0, 0.1) is 0 Å². The molecule has 23 heavy (non-hydrogen) atoms. The molecule has 1 heterocycles. The number of benzene rings is 1. The number of carbonyl (C=O) groups excluding carboxylic acids is 1. The highest BCUT2D eigenvalue weighted by atomic mass is 32.2. The molecule has 1 aromatic carbocycles. The second-order valence-corrected chi connectivity index (χ2v) is 8.39. The molecule has 7 heteroatoms. The molecule has 0 aromatic heterocycles. The summed E-state index contributed by atoms with van der Waals surface area (Å²) in [5.41, 5.74) is 0.872. The highest BCUT2D eigenvalue weighted by Crippen LogP contribution is 2.15. The zero-order chi connectivity index (χ0) is 17.0. The molecule has 6 nitrogen and oxygen atoms in total. The lowest BCUT2D eigenvalue weighted by atomic mass is 10.1. The number of aliphatic hydroxyl groups is 1. The van der Waals surface area contributed by atoms with Crippen LogP contribution in [-0.2, 0) is 14.6 Å². The van der Waals surface area contributed by atoms with Gasteiger partial charge in [0.15, 0.2) is 9.84 Å². The van der Waals surface area contributed by atoms with Gasteiger partial charge < -0.3 is 10.0 Å². The zero-order valence-corrected chi connectivity index (χ0v) is 14.4. The third-order valence-electron chi connectivity index (χ3n) is 4.29. The third-order valence-corrected chi connectivity index (χ3v) is 5.78. The minimum atomic E-state index is -3.36. The number of rotatable bonds is 5. The van der Waals surface area contributed by atoms with Gasteiger partial charge in [0.25, 0.3) is 0 Å². The van der Waals surface area contributed by atoms with E-state index < -0.39 is 21.2 Å². The van der Waals surface area contributed by atoms with Crippen LogP contribution >= 0.6 is 0 Å². The summed E-state index contributed by atoms with van der Waals surface area (Å²) in [7, 11) is -3.36. The lowest BCUT2D eigenvalue weighted by molar-refractivity contribution is -0.132. The van der Waals surface area contributed by atoms with Crippen molar-refractivity contribution in [2.75, 3.05) is 39.0 Å². The molecule has 0 saturated carbocycles. The van der Waals surface area contributed by atoms with Crippen LogP contribution in [-0.4, -0.2) is 73.5 Å². The van der Waals surface area contributed by atoms with Crippen LogP contribution in [0.25, 0.3) is 0 Å². The van der Waals surface area contributed by atoms with E-state index in [1.807, 2.05) is 30.3 Å². The Morgan fingerprint density at radius 1 is 1.17 bits per heavy atom. The summed E-state index contributed by atoms with van der Waals surface area (Å²) in [5, 5.41) is 9.24. The van der Waals surface area contributed by atoms with Gasteiger partial charge in [0.2, 0.25) is 5.91 Å². The van der Waals surface area contributed by atoms with Crippen molar-refractivity contribution < 1.29 is 18.3 Å². The standard InChI is InChI=1S/C16H24N2O4S/c1-13(23(2,21)22)16(20)18-10-8-17(9-11-18)12-15(19)14-6-4-3-5-7-14/h3-7,13,15,19H,8-12H2,1-2H3/t13-,15-/m0/s1. The molecule has 1 amide bonds. The molecular weight excluding hydrogens is 316 g/mol. The SMILES string of the molecule is C[C@@H](C(=O)N1CCN(C[C@H](O)c2ccccc2)CC1)S(C)(=O)=O. The maximum Gasteiger partial charge on any atom is 0.240 e. The maximum atomic E-state index is 12.2. The van der Waals surface area contributed by atoms with E-state index in [-0.39, 0.29) is 5.91 Å². The molecule has 1 aliphatic rings. The van der Waals surface area contributed by atoms with E-state index >= 15 is 0 Å². The summed E-state index contributed by atoms with van der Waals surface area (Å²) >= 11 is 0. The van der Waals surface area contributed by atoms with Crippen molar-refractivity contribution >= 4 is 15.7 Å². The van der Waals surface area contributed by atoms with Gasteiger partial charge in [-0.2, -0.15) is 0 Å². The molecule has 2 atom stereocenters. The van der Waals surface area contributed by atoms with Crippen LogP contribution in [0.5, 0.6) is 0 Å². The first kappa shape index (κ1) is 17.9. The van der Waals surface area contributed by atoms with E-state index in [1.54, 1.807) is 4.90 Å². The minimum Gasteiger partial charge on any atom is -0.387 e. The van der Waals surface area contributed by atoms with Crippen molar-refractivity contribution in [2.45, 2.75) is 18.3 Å². The topological polar surface area (TPSA) is 77.9 Å². The minimum absolute atomic E-state index is 0.337. The molecule has 2 rings (SSSR count). The summed E-state index contributed by atoms with van der Waals surface area (Å²) in [5.74, 6) is -0.337. The Bertz CT molecular complexity index is 625. The molecule has 0 unspecified atom stereocenters. The number of β-amino-alcohol motifs (C(OH)–C–C–N with tert-alkyl or cyclic N) is 1. The van der Waals surface area contributed by atoms with E-state index in [4.69, 9.17) is 0 Å². The van der Waals surface area contributed by atoms with E-state index in [1.165, 1.54) is 6.92 Å². The van der Waals surface area contributed by atoms with Crippen molar-refractivity contribution in [2.24, 2.45) is 0 Å². The molecule has 0 radical (unpaired) electrons. The number of hydrogen-bond donors (Lipinski definition) is 1. The van der Waals surface area contributed by atoms with Crippen LogP contribution < -0.4 is 0 Å². The van der Waals surface area contributed by atoms with Gasteiger partial charge in [-0.25, -0.2) is 8.42 Å². The Balaban J connectivity index is 1.86. The molecule has 0 bridgehead atoms. The van der Waals surface area contributed by atoms with E-state index in [9.17, 15) is 18.3 Å². The number of nitrogens with zero attached hydrogens (tertiary/aromatic N) is 2. The lowest BCUT2D eigenvalue weighted by Crippen LogP contribution is -2.52. The van der Waals surface area contributed by atoms with E-state index in [2.05, 4.69) is 4.90 Å². The molecule has 0 spiro atoms. The highest BCUT2D eigenvalue weighted by molar-refractivity contribution is 7.92. The van der Waals surface area contributed by atoms with Gasteiger partial charge in [-0.3, -0.25) is 9.69 Å². The quantitative estimate of drug-likeness (QED) is 0.834. The highest BCUT2D eigenvalue weighted by Gasteiger charge is 2.30. The third kappa shape index (κ3) is 4.76. The molecule has 1 aromatic rings. The van der Waals surface area contributed by atoms with Crippen molar-refractivity contribution in [1.82, 2.24) is 9.80 Å². The number of amides is 1. The Hall–Kier alpha value is -1.44. The van der Waals surface area contributed by atoms with Crippen molar-refractivity contribution in [3.8, 4) is 0 Å². The van der Waals surface area contributed by atoms with Crippen molar-refractivity contribution in [1.29, 1.82) is 0 Å². The van der Waals surface area contributed by atoms with Crippen molar-refractivity contribution in [3.05, 3.63) is 35.9 Å². The second-order valence-electron chi connectivity index (χ2n) is 6.02. The fraction of sp³-hybridized carbons (Fsp3) is 0.562. The summed E-state index contributed by atoms with van der Waals surface area (Å²) in [6, 6.07) is 9.46. The number of sulfone groups is 1. The Labute approximate surface area is 137 Å². The van der Waals surface area contributed by atoms with Gasteiger partial charge in [0.05, 0.1) is 6.10 Å². The Morgan fingerprint density at radius 2 is 1.74 bits per heavy atom. The van der Waals surface area contributed by atoms with Gasteiger partial charge in [0, 0.05) is 39.0 Å². The summed E-state index contributed by atoms with van der Waals surface area (Å²) < 4.78 is 23.0. The summed E-state index contributed by atoms with van der Waals surface area (Å²) in [6.45, 7) is 4.18. The van der Waals surface area contributed by atoms with Crippen LogP contribution in [0.4, 0.5) is 0 Å². The number of hydrogen-bond acceptors (Lipinski definition) is 5. The predicted molar refractivity (Wildman–Crippen MR) is 88.7 cm³/mol. The maximum absolute atomic E-state index is 12.2. The first-order valence-corrected chi connectivity index (χ1v) is 9.67. The lowest BCUT2D eigenvalue weighted by Gasteiger charge is -2.36. The van der Waals surface area contributed by atoms with Crippen LogP contribution in [0.2, 0.25) is 0 Å². The summed E-state index contributed by atoms with van der Waals surface area (Å²) in [4.78, 5) is 15.9. The molecule has 1 aliphatic heterocycles. The van der Waals surface area contributed by atoms with E-state index in [0.29, 0.717) is 32.7 Å². The number of carbonyl (C=O) groups is 1. The number of aliphatic hydroxyl groups excluding tert-OH is 1. The zero-order valence-electron chi connectivity index (χ0n) is 13.6. The monoisotopic (exact) mass is 340 g/mol. The summed E-state index contributed by atoms with van der Waals surface area (Å²) in [6.07, 6.45) is 0.524. The Kier molecular flexibility index (Phi) is 5.78. The average molecular weight is 340 g/mol. The molecular formula is C16H24N2O4S. The molecule has 1 saturated heterocycles.